The Bertz CT molecular complexity index is 853. The number of anilines is 1. The molecule has 0 bridgehead atoms. The van der Waals surface area contributed by atoms with Crippen molar-refractivity contribution in [2.45, 2.75) is 26.9 Å². The number of piperazine rings is 1. The fourth-order valence-corrected chi connectivity index (χ4v) is 3.55. The minimum absolute atomic E-state index is 0.0438. The molecule has 0 aliphatic carbocycles. The van der Waals surface area contributed by atoms with E-state index in [0.717, 1.165) is 17.1 Å². The van der Waals surface area contributed by atoms with Gasteiger partial charge in [-0.15, -0.1) is 0 Å². The van der Waals surface area contributed by atoms with Crippen LogP contribution in [0.5, 0.6) is 0 Å². The lowest BCUT2D eigenvalue weighted by Gasteiger charge is -2.36. The summed E-state index contributed by atoms with van der Waals surface area (Å²) in [6.07, 6.45) is 0.386. The number of amides is 2. The minimum atomic E-state index is -0.247. The van der Waals surface area contributed by atoms with Gasteiger partial charge in [0.05, 0.1) is 12.3 Å². The summed E-state index contributed by atoms with van der Waals surface area (Å²) in [6.45, 7) is 7.22. The van der Waals surface area contributed by atoms with Gasteiger partial charge >= 0.3 is 6.03 Å². The third-order valence-electron chi connectivity index (χ3n) is 4.98. The van der Waals surface area contributed by atoms with E-state index in [1.54, 1.807) is 24.1 Å². The van der Waals surface area contributed by atoms with E-state index in [0.29, 0.717) is 57.1 Å². The van der Waals surface area contributed by atoms with Crippen molar-refractivity contribution in [3.8, 4) is 0 Å². The zero-order chi connectivity index (χ0) is 20.8. The molecule has 3 rings (SSSR count). The Labute approximate surface area is 170 Å². The van der Waals surface area contributed by atoms with Crippen LogP contribution in [0.4, 0.5) is 15.0 Å². The molecular weight excluding hydrogens is 373 g/mol. The van der Waals surface area contributed by atoms with Crippen molar-refractivity contribution >= 4 is 11.8 Å². The third-order valence-corrected chi connectivity index (χ3v) is 4.98. The van der Waals surface area contributed by atoms with Crippen LogP contribution >= 0.6 is 0 Å². The second-order valence-corrected chi connectivity index (χ2v) is 7.03. The molecule has 0 atom stereocenters. The van der Waals surface area contributed by atoms with Gasteiger partial charge in [-0.05, 0) is 25.5 Å². The second kappa shape index (κ2) is 9.65. The van der Waals surface area contributed by atoms with Crippen molar-refractivity contribution in [2.75, 3.05) is 44.7 Å². The van der Waals surface area contributed by atoms with Crippen LogP contribution in [-0.2, 0) is 17.8 Å². The minimum Gasteiger partial charge on any atom is -0.378 e. The highest BCUT2D eigenvalue weighted by Crippen LogP contribution is 2.27. The number of carbonyl (C=O) groups excluding carboxylic acids is 1. The van der Waals surface area contributed by atoms with Crippen molar-refractivity contribution in [1.82, 2.24) is 20.2 Å². The number of ether oxygens (including phenoxy) is 1. The Morgan fingerprint density at radius 2 is 1.93 bits per heavy atom. The SMILES string of the molecule is CCNC(=O)N1CCN(c2nc(C)nc(COC)c2Cc2ccccc2F)CC1. The van der Waals surface area contributed by atoms with Gasteiger partial charge in [0.2, 0.25) is 0 Å². The average Bonchev–Trinajstić information content (AvgIpc) is 2.71. The quantitative estimate of drug-likeness (QED) is 0.805. The van der Waals surface area contributed by atoms with E-state index in [1.807, 2.05) is 19.9 Å². The number of urea groups is 1. The van der Waals surface area contributed by atoms with Crippen molar-refractivity contribution in [3.63, 3.8) is 0 Å². The molecule has 2 amide bonds. The Morgan fingerprint density at radius 1 is 1.21 bits per heavy atom. The summed E-state index contributed by atoms with van der Waals surface area (Å²) >= 11 is 0. The maximum absolute atomic E-state index is 14.3. The van der Waals surface area contributed by atoms with E-state index < -0.39 is 0 Å². The lowest BCUT2D eigenvalue weighted by atomic mass is 10.0. The maximum atomic E-state index is 14.3. The summed E-state index contributed by atoms with van der Waals surface area (Å²) in [5.74, 6) is 1.20. The van der Waals surface area contributed by atoms with Gasteiger partial charge in [-0.2, -0.15) is 0 Å². The molecule has 2 aromatic rings. The van der Waals surface area contributed by atoms with Crippen molar-refractivity contribution in [3.05, 3.63) is 52.7 Å². The smallest absolute Gasteiger partial charge is 0.317 e. The van der Waals surface area contributed by atoms with Crippen molar-refractivity contribution in [1.29, 1.82) is 0 Å². The van der Waals surface area contributed by atoms with Crippen LogP contribution in [0.15, 0.2) is 24.3 Å². The van der Waals surface area contributed by atoms with Crippen LogP contribution in [0.25, 0.3) is 0 Å². The number of rotatable bonds is 6. The summed E-state index contributed by atoms with van der Waals surface area (Å²) < 4.78 is 19.7. The fraction of sp³-hybridized carbons (Fsp3) is 0.476. The fourth-order valence-electron chi connectivity index (χ4n) is 3.55. The van der Waals surface area contributed by atoms with Gasteiger partial charge in [0.25, 0.3) is 0 Å². The highest BCUT2D eigenvalue weighted by Gasteiger charge is 2.25. The molecule has 0 radical (unpaired) electrons. The number of methoxy groups -OCH3 is 1. The zero-order valence-corrected chi connectivity index (χ0v) is 17.2. The van der Waals surface area contributed by atoms with Gasteiger partial charge < -0.3 is 19.9 Å². The van der Waals surface area contributed by atoms with E-state index >= 15 is 0 Å². The Hall–Kier alpha value is -2.74. The van der Waals surface area contributed by atoms with E-state index in [-0.39, 0.29) is 11.8 Å². The Balaban J connectivity index is 1.90. The molecule has 7 nitrogen and oxygen atoms in total. The lowest BCUT2D eigenvalue weighted by molar-refractivity contribution is 0.180. The normalized spacial score (nSPS) is 14.2. The number of carbonyl (C=O) groups is 1. The summed E-state index contributed by atoms with van der Waals surface area (Å²) in [5, 5.41) is 2.84. The van der Waals surface area contributed by atoms with Crippen molar-refractivity contribution in [2.24, 2.45) is 0 Å². The second-order valence-electron chi connectivity index (χ2n) is 7.03. The zero-order valence-electron chi connectivity index (χ0n) is 17.2. The number of aryl methyl sites for hydroxylation is 1. The van der Waals surface area contributed by atoms with E-state index in [2.05, 4.69) is 20.2 Å². The molecule has 156 valence electrons. The molecule has 8 heteroatoms. The largest absolute Gasteiger partial charge is 0.378 e. The first kappa shape index (κ1) is 21.0. The molecular formula is C21H28FN5O2. The summed E-state index contributed by atoms with van der Waals surface area (Å²) in [6, 6.07) is 6.71. The topological polar surface area (TPSA) is 70.6 Å². The molecule has 1 aromatic heterocycles. The molecule has 0 spiro atoms. The number of hydrogen-bond acceptors (Lipinski definition) is 5. The molecule has 0 saturated carbocycles. The molecule has 1 fully saturated rings. The molecule has 2 heterocycles. The third kappa shape index (κ3) is 5.00. The van der Waals surface area contributed by atoms with Crippen molar-refractivity contribution < 1.29 is 13.9 Å². The summed E-state index contributed by atoms with van der Waals surface area (Å²) in [4.78, 5) is 25.3. The molecule has 1 aliphatic heterocycles. The first-order chi connectivity index (χ1) is 14.0. The number of hydrogen-bond donors (Lipinski definition) is 1. The number of aromatic nitrogens is 2. The monoisotopic (exact) mass is 401 g/mol. The van der Waals surface area contributed by atoms with E-state index in [9.17, 15) is 9.18 Å². The molecule has 1 aromatic carbocycles. The lowest BCUT2D eigenvalue weighted by Crippen LogP contribution is -2.52. The van der Waals surface area contributed by atoms with Crippen LogP contribution in [0.2, 0.25) is 0 Å². The average molecular weight is 401 g/mol. The van der Waals surface area contributed by atoms with Crippen LogP contribution in [0, 0.1) is 12.7 Å². The van der Waals surface area contributed by atoms with E-state index in [4.69, 9.17) is 4.74 Å². The van der Waals surface area contributed by atoms with Crippen LogP contribution in [0.3, 0.4) is 0 Å². The first-order valence-corrected chi connectivity index (χ1v) is 9.90. The van der Waals surface area contributed by atoms with Crippen LogP contribution in [0.1, 0.15) is 29.6 Å². The van der Waals surface area contributed by atoms with E-state index in [1.165, 1.54) is 6.07 Å². The van der Waals surface area contributed by atoms with Gasteiger partial charge in [0.15, 0.2) is 0 Å². The molecule has 0 unspecified atom stereocenters. The standard InChI is InChI=1S/C21H28FN5O2/c1-4-23-21(28)27-11-9-26(10-12-27)20-17(13-16-7-5-6-8-18(16)22)19(14-29-3)24-15(2)25-20/h5-8H,4,9-14H2,1-3H3,(H,23,28). The number of benzene rings is 1. The maximum Gasteiger partial charge on any atom is 0.317 e. The van der Waals surface area contributed by atoms with Gasteiger partial charge in [-0.3, -0.25) is 0 Å². The predicted molar refractivity (Wildman–Crippen MR) is 110 cm³/mol. The molecule has 1 saturated heterocycles. The van der Waals surface area contributed by atoms with Gasteiger partial charge in [0.1, 0.15) is 17.5 Å². The Morgan fingerprint density at radius 3 is 2.59 bits per heavy atom. The van der Waals surface area contributed by atoms with Gasteiger partial charge in [-0.1, -0.05) is 18.2 Å². The number of halogens is 1. The number of nitrogens with one attached hydrogen (secondary N) is 1. The van der Waals surface area contributed by atoms with Gasteiger partial charge in [0, 0.05) is 51.8 Å². The molecule has 1 aliphatic rings. The summed E-state index contributed by atoms with van der Waals surface area (Å²) in [7, 11) is 1.62. The first-order valence-electron chi connectivity index (χ1n) is 9.90. The van der Waals surface area contributed by atoms with Gasteiger partial charge in [-0.25, -0.2) is 19.2 Å². The summed E-state index contributed by atoms with van der Waals surface area (Å²) in [5.41, 5.74) is 2.23. The van der Waals surface area contributed by atoms with Crippen LogP contribution < -0.4 is 10.2 Å². The molecule has 29 heavy (non-hydrogen) atoms. The molecule has 1 N–H and O–H groups in total. The predicted octanol–water partition coefficient (Wildman–Crippen LogP) is 2.51. The van der Waals surface area contributed by atoms with Crippen LogP contribution in [-0.4, -0.2) is 60.7 Å². The highest BCUT2D eigenvalue weighted by atomic mass is 19.1. The Kier molecular flexibility index (Phi) is 6.98. The number of nitrogens with zero attached hydrogens (tertiary/aromatic N) is 4. The highest BCUT2D eigenvalue weighted by molar-refractivity contribution is 5.74.